The minimum atomic E-state index is 0.958. The highest BCUT2D eigenvalue weighted by Crippen LogP contribution is 1.46. The average Bonchev–Trinajstić information content (AvgIpc) is 1.41. The summed E-state index contributed by atoms with van der Waals surface area (Å²) in [5, 5.41) is 2.90. The molecule has 0 unspecified atom stereocenters. The predicted molar refractivity (Wildman–Crippen MR) is 18.0 cm³/mol. The van der Waals surface area contributed by atoms with E-state index in [0.717, 1.165) is 6.34 Å². The summed E-state index contributed by atoms with van der Waals surface area (Å²) in [5.74, 6) is 4.36. The van der Waals surface area contributed by atoms with Crippen LogP contribution in [0, 0.1) is 0 Å². The first-order valence-corrected chi connectivity index (χ1v) is 1.01. The average molecular weight is 75.1 g/mol. The lowest BCUT2D eigenvalue weighted by atomic mass is 11.4. The lowest BCUT2D eigenvalue weighted by Crippen LogP contribution is -1.94. The molecule has 0 rings (SSSR count). The van der Waals surface area contributed by atoms with Gasteiger partial charge < -0.3 is 10.7 Å². The Balaban J connectivity index is 2.62. The lowest BCUT2D eigenvalue weighted by molar-refractivity contribution is 0.150. The van der Waals surface area contributed by atoms with Crippen LogP contribution in [0.2, 0.25) is 0 Å². The molecule has 0 aliphatic heterocycles. The first kappa shape index (κ1) is 4.23. The highest BCUT2D eigenvalue weighted by Gasteiger charge is 1.46. The van der Waals surface area contributed by atoms with Crippen LogP contribution < -0.4 is 11.6 Å². The summed E-state index contributed by atoms with van der Waals surface area (Å²) in [6.07, 6.45) is 0.958. The maximum absolute atomic E-state index is 4.64. The minimum Gasteiger partial charge on any atom is -0.387 e. The van der Waals surface area contributed by atoms with Crippen LogP contribution in [0.3, 0.4) is 0 Å². The van der Waals surface area contributed by atoms with Gasteiger partial charge in [-0.15, -0.1) is 5.90 Å². The molecule has 0 aromatic heterocycles. The van der Waals surface area contributed by atoms with Crippen LogP contribution in [-0.4, -0.2) is 6.34 Å². The number of oxime groups is 1. The Bertz CT molecular complexity index is 33.9. The maximum Gasteiger partial charge on any atom is 0.128 e. The summed E-state index contributed by atoms with van der Waals surface area (Å²) >= 11 is 0. The fourth-order valence-corrected chi connectivity index (χ4v) is 0.0351. The van der Waals surface area contributed by atoms with E-state index in [2.05, 4.69) is 21.7 Å². The van der Waals surface area contributed by atoms with Gasteiger partial charge in [0.25, 0.3) is 0 Å². The zero-order valence-corrected chi connectivity index (χ0v) is 2.59. The molecule has 5 heavy (non-hydrogen) atoms. The van der Waals surface area contributed by atoms with E-state index >= 15 is 0 Å². The number of rotatable bonds is 1. The van der Waals surface area contributed by atoms with Gasteiger partial charge >= 0.3 is 0 Å². The third kappa shape index (κ3) is 3.23. The zero-order valence-electron chi connectivity index (χ0n) is 2.59. The van der Waals surface area contributed by atoms with E-state index in [1.165, 1.54) is 0 Å². The van der Waals surface area contributed by atoms with Crippen molar-refractivity contribution in [3.8, 4) is 0 Å². The maximum atomic E-state index is 4.64. The molecule has 30 valence electrons. The Kier molecular flexibility index (Phi) is 2.73. The van der Waals surface area contributed by atoms with Crippen molar-refractivity contribution in [1.82, 2.24) is 0 Å². The molecule has 0 radical (unpaired) electrons. The number of hydrogen-bond donors (Lipinski definition) is 2. The van der Waals surface area contributed by atoms with Crippen molar-refractivity contribution in [2.75, 3.05) is 0 Å². The standard InChI is InChI=1S/CH5N3O/c2-1-4-5-3/h1H,3H2,(H2,2,4). The third-order valence-electron chi connectivity index (χ3n) is 0.122. The number of hydrogen-bond acceptors (Lipinski definition) is 3. The molecule has 0 heterocycles. The molecule has 0 spiro atoms. The van der Waals surface area contributed by atoms with E-state index in [9.17, 15) is 0 Å². The minimum absolute atomic E-state index is 0.958. The van der Waals surface area contributed by atoms with Gasteiger partial charge in [0.05, 0.1) is 0 Å². The van der Waals surface area contributed by atoms with Crippen LogP contribution in [0.5, 0.6) is 0 Å². The van der Waals surface area contributed by atoms with Crippen molar-refractivity contribution >= 4 is 6.34 Å². The van der Waals surface area contributed by atoms with E-state index < -0.39 is 0 Å². The summed E-state index contributed by atoms with van der Waals surface area (Å²) in [6, 6.07) is 0. The van der Waals surface area contributed by atoms with E-state index in [1.54, 1.807) is 0 Å². The molecule has 0 atom stereocenters. The predicted octanol–water partition coefficient (Wildman–Crippen LogP) is -1.22. The number of nitrogens with zero attached hydrogens (tertiary/aromatic N) is 1. The molecule has 4 heteroatoms. The van der Waals surface area contributed by atoms with E-state index in [-0.39, 0.29) is 0 Å². The third-order valence-corrected chi connectivity index (χ3v) is 0.122. The SMILES string of the molecule is N/C=N/ON. The molecule has 0 aromatic rings. The van der Waals surface area contributed by atoms with Crippen LogP contribution in [0.1, 0.15) is 0 Å². The second-order valence-electron chi connectivity index (χ2n) is 0.360. The second kappa shape index (κ2) is 3.23. The number of nitrogens with two attached hydrogens (primary N) is 2. The van der Waals surface area contributed by atoms with E-state index in [4.69, 9.17) is 0 Å². The van der Waals surface area contributed by atoms with Gasteiger partial charge in [-0.05, 0) is 0 Å². The lowest BCUT2D eigenvalue weighted by Gasteiger charge is -1.74. The second-order valence-corrected chi connectivity index (χ2v) is 0.360. The summed E-state index contributed by atoms with van der Waals surface area (Å²) in [4.78, 5) is 3.64. The molecule has 0 saturated heterocycles. The molecule has 4 nitrogen and oxygen atoms in total. The van der Waals surface area contributed by atoms with E-state index in [0.29, 0.717) is 0 Å². The molecule has 0 saturated carbocycles. The van der Waals surface area contributed by atoms with Gasteiger partial charge in [0.15, 0.2) is 0 Å². The zero-order chi connectivity index (χ0) is 4.12. The van der Waals surface area contributed by atoms with Crippen LogP contribution in [0.4, 0.5) is 0 Å². The smallest absolute Gasteiger partial charge is 0.128 e. The quantitative estimate of drug-likeness (QED) is 0.233. The monoisotopic (exact) mass is 75.0 g/mol. The largest absolute Gasteiger partial charge is 0.387 e. The molecule has 0 fully saturated rings. The van der Waals surface area contributed by atoms with Gasteiger partial charge in [-0.25, -0.2) is 0 Å². The Morgan fingerprint density at radius 3 is 2.40 bits per heavy atom. The van der Waals surface area contributed by atoms with Gasteiger partial charge in [0, 0.05) is 0 Å². The summed E-state index contributed by atoms with van der Waals surface area (Å²) < 4.78 is 0. The first-order valence-electron chi connectivity index (χ1n) is 1.01. The molecule has 0 aromatic carbocycles. The van der Waals surface area contributed by atoms with Crippen molar-refractivity contribution in [1.29, 1.82) is 0 Å². The van der Waals surface area contributed by atoms with Gasteiger partial charge in [-0.3, -0.25) is 0 Å². The van der Waals surface area contributed by atoms with Gasteiger partial charge in [-0.1, -0.05) is 5.16 Å². The Labute approximate surface area is 29.3 Å². The topological polar surface area (TPSA) is 73.6 Å². The Morgan fingerprint density at radius 2 is 2.40 bits per heavy atom. The Morgan fingerprint density at radius 1 is 1.80 bits per heavy atom. The molecular weight excluding hydrogens is 70.0 g/mol. The molecule has 0 amide bonds. The first-order chi connectivity index (χ1) is 2.41. The van der Waals surface area contributed by atoms with Crippen molar-refractivity contribution in [2.24, 2.45) is 16.8 Å². The van der Waals surface area contributed by atoms with Gasteiger partial charge in [-0.2, -0.15) is 0 Å². The molecule has 0 aliphatic rings. The fourth-order valence-electron chi connectivity index (χ4n) is 0.0351. The summed E-state index contributed by atoms with van der Waals surface area (Å²) in [7, 11) is 0. The molecule has 0 aliphatic carbocycles. The molecule has 0 bridgehead atoms. The highest BCUT2D eigenvalue weighted by atomic mass is 16.7. The van der Waals surface area contributed by atoms with Crippen LogP contribution in [-0.2, 0) is 4.94 Å². The van der Waals surface area contributed by atoms with Crippen LogP contribution in [0.15, 0.2) is 5.16 Å². The van der Waals surface area contributed by atoms with Gasteiger partial charge in [0.1, 0.15) is 6.34 Å². The highest BCUT2D eigenvalue weighted by molar-refractivity contribution is 5.49. The Hall–Kier alpha value is -0.770. The van der Waals surface area contributed by atoms with Crippen molar-refractivity contribution in [3.63, 3.8) is 0 Å². The van der Waals surface area contributed by atoms with Gasteiger partial charge in [0.2, 0.25) is 0 Å². The van der Waals surface area contributed by atoms with Crippen molar-refractivity contribution < 1.29 is 4.94 Å². The molecular formula is CH5N3O. The van der Waals surface area contributed by atoms with E-state index in [1.807, 2.05) is 0 Å². The van der Waals surface area contributed by atoms with Crippen molar-refractivity contribution in [3.05, 3.63) is 0 Å². The van der Waals surface area contributed by atoms with Crippen LogP contribution >= 0.6 is 0 Å². The normalized spacial score (nSPS) is 9.00. The fraction of sp³-hybridized carbons (Fsp3) is 0. The summed E-state index contributed by atoms with van der Waals surface area (Å²) in [6.45, 7) is 0. The van der Waals surface area contributed by atoms with Crippen molar-refractivity contribution in [2.45, 2.75) is 0 Å². The van der Waals surface area contributed by atoms with Crippen LogP contribution in [0.25, 0.3) is 0 Å². The molecule has 4 N–H and O–H groups in total. The summed E-state index contributed by atoms with van der Waals surface area (Å²) in [5.41, 5.74) is 4.64.